The van der Waals surface area contributed by atoms with Crippen molar-refractivity contribution < 1.29 is 29.2 Å². The number of carboxylic acids is 1. The maximum absolute atomic E-state index is 14.1. The quantitative estimate of drug-likeness (QED) is 0.309. The number of hydrogen-bond acceptors (Lipinski definition) is 5. The van der Waals surface area contributed by atoms with Gasteiger partial charge in [0.05, 0.1) is 11.7 Å². The highest BCUT2D eigenvalue weighted by molar-refractivity contribution is 5.88. The highest BCUT2D eigenvalue weighted by Crippen LogP contribution is 2.32. The van der Waals surface area contributed by atoms with Gasteiger partial charge in [0.1, 0.15) is 23.9 Å². The number of hydrogen-bond donors (Lipinski definition) is 4. The number of aromatic hydroxyl groups is 1. The van der Waals surface area contributed by atoms with E-state index >= 15 is 0 Å². The molecule has 6 nitrogen and oxygen atoms in total. The first-order valence-corrected chi connectivity index (χ1v) is 11.2. The second kappa shape index (κ2) is 11.1. The lowest BCUT2D eigenvalue weighted by Gasteiger charge is -2.21. The third kappa shape index (κ3) is 6.12. The third-order valence-corrected chi connectivity index (χ3v) is 5.70. The van der Waals surface area contributed by atoms with Crippen molar-refractivity contribution in [3.8, 4) is 22.6 Å². The first kappa shape index (κ1) is 25.2. The van der Waals surface area contributed by atoms with Gasteiger partial charge in [-0.25, -0.2) is 9.18 Å². The number of benzene rings is 3. The molecular weight excluding hydrogens is 437 g/mol. The number of ether oxygens (including phenoxy) is 1. The Morgan fingerprint density at radius 1 is 1.00 bits per heavy atom. The van der Waals surface area contributed by atoms with Crippen LogP contribution in [0.15, 0.2) is 60.7 Å². The number of carbonyl (C=O) groups is 1. The van der Waals surface area contributed by atoms with Crippen LogP contribution in [0.1, 0.15) is 54.3 Å². The van der Waals surface area contributed by atoms with E-state index in [1.54, 1.807) is 30.3 Å². The summed E-state index contributed by atoms with van der Waals surface area (Å²) in [6, 6.07) is 15.9. The number of carboxylic acid groups (broad SMARTS) is 1. The Labute approximate surface area is 198 Å². The largest absolute Gasteiger partial charge is 0.508 e. The molecule has 34 heavy (non-hydrogen) atoms. The van der Waals surface area contributed by atoms with Crippen LogP contribution in [0.25, 0.3) is 11.1 Å². The van der Waals surface area contributed by atoms with Gasteiger partial charge in [-0.2, -0.15) is 0 Å². The Morgan fingerprint density at radius 3 is 2.26 bits per heavy atom. The van der Waals surface area contributed by atoms with Crippen LogP contribution >= 0.6 is 0 Å². The molecule has 0 bridgehead atoms. The molecule has 3 aromatic rings. The van der Waals surface area contributed by atoms with Gasteiger partial charge in [0, 0.05) is 12.6 Å². The van der Waals surface area contributed by atoms with E-state index in [4.69, 9.17) is 9.84 Å². The van der Waals surface area contributed by atoms with Gasteiger partial charge >= 0.3 is 5.97 Å². The van der Waals surface area contributed by atoms with Crippen LogP contribution in [-0.2, 0) is 0 Å². The molecule has 0 heterocycles. The molecule has 7 heteroatoms. The molecule has 3 aromatic carbocycles. The second-order valence-corrected chi connectivity index (χ2v) is 8.53. The van der Waals surface area contributed by atoms with E-state index in [2.05, 4.69) is 5.32 Å². The number of nitrogens with one attached hydrogen (secondary N) is 1. The van der Waals surface area contributed by atoms with Crippen molar-refractivity contribution in [2.45, 2.75) is 38.8 Å². The van der Waals surface area contributed by atoms with Crippen LogP contribution in [-0.4, -0.2) is 40.5 Å². The van der Waals surface area contributed by atoms with Crippen molar-refractivity contribution in [1.82, 2.24) is 5.32 Å². The fourth-order valence-electron chi connectivity index (χ4n) is 3.70. The second-order valence-electron chi connectivity index (χ2n) is 8.53. The zero-order valence-corrected chi connectivity index (χ0v) is 19.5. The molecule has 3 rings (SSSR count). The van der Waals surface area contributed by atoms with Crippen molar-refractivity contribution in [2.24, 2.45) is 0 Å². The maximum atomic E-state index is 14.1. The Kier molecular flexibility index (Phi) is 8.26. The summed E-state index contributed by atoms with van der Waals surface area (Å²) >= 11 is 0. The molecule has 0 spiro atoms. The average molecular weight is 468 g/mol. The van der Waals surface area contributed by atoms with E-state index in [0.717, 1.165) is 16.9 Å². The Morgan fingerprint density at radius 2 is 1.65 bits per heavy atom. The van der Waals surface area contributed by atoms with E-state index in [-0.39, 0.29) is 23.3 Å². The Bertz CT molecular complexity index is 1130. The molecule has 2 atom stereocenters. The molecule has 0 aliphatic rings. The molecule has 180 valence electrons. The van der Waals surface area contributed by atoms with Crippen molar-refractivity contribution in [3.05, 3.63) is 83.2 Å². The number of aliphatic hydroxyl groups is 1. The smallest absolute Gasteiger partial charge is 0.338 e. The van der Waals surface area contributed by atoms with E-state index in [0.29, 0.717) is 24.3 Å². The van der Waals surface area contributed by atoms with Crippen molar-refractivity contribution in [3.63, 3.8) is 0 Å². The van der Waals surface area contributed by atoms with Crippen LogP contribution in [0.5, 0.6) is 11.5 Å². The number of rotatable bonds is 10. The molecule has 0 saturated carbocycles. The molecule has 0 saturated heterocycles. The Hall–Kier alpha value is -3.42. The summed E-state index contributed by atoms with van der Waals surface area (Å²) in [4.78, 5) is 11.1. The highest BCUT2D eigenvalue weighted by Gasteiger charge is 2.17. The van der Waals surface area contributed by atoms with E-state index in [1.807, 2.05) is 39.0 Å². The van der Waals surface area contributed by atoms with Gasteiger partial charge in [0.2, 0.25) is 0 Å². The lowest BCUT2D eigenvalue weighted by atomic mass is 9.96. The Balaban J connectivity index is 1.63. The van der Waals surface area contributed by atoms with Gasteiger partial charge in [0.15, 0.2) is 0 Å². The first-order chi connectivity index (χ1) is 16.2. The summed E-state index contributed by atoms with van der Waals surface area (Å²) in [5.41, 5.74) is 2.68. The van der Waals surface area contributed by atoms with E-state index in [9.17, 15) is 19.4 Å². The van der Waals surface area contributed by atoms with E-state index < -0.39 is 17.9 Å². The predicted octanol–water partition coefficient (Wildman–Crippen LogP) is 5.11. The maximum Gasteiger partial charge on any atom is 0.338 e. The van der Waals surface area contributed by atoms with Crippen molar-refractivity contribution in [1.29, 1.82) is 0 Å². The fourth-order valence-corrected chi connectivity index (χ4v) is 3.70. The minimum Gasteiger partial charge on any atom is -0.508 e. The lowest BCUT2D eigenvalue weighted by Crippen LogP contribution is -2.35. The van der Waals surface area contributed by atoms with Crippen LogP contribution in [0.3, 0.4) is 0 Å². The molecule has 0 aliphatic carbocycles. The zero-order valence-electron chi connectivity index (χ0n) is 19.5. The van der Waals surface area contributed by atoms with Crippen molar-refractivity contribution >= 4 is 5.97 Å². The monoisotopic (exact) mass is 467 g/mol. The summed E-state index contributed by atoms with van der Waals surface area (Å²) in [5.74, 6) is -1.05. The minimum absolute atomic E-state index is 0.152. The fraction of sp³-hybridized carbons (Fsp3) is 0.296. The molecule has 0 radical (unpaired) electrons. The molecule has 0 fully saturated rings. The van der Waals surface area contributed by atoms with Crippen LogP contribution < -0.4 is 10.1 Å². The summed E-state index contributed by atoms with van der Waals surface area (Å²) in [6.07, 6.45) is -0.723. The average Bonchev–Trinajstić information content (AvgIpc) is 2.81. The normalized spacial score (nSPS) is 13.0. The lowest BCUT2D eigenvalue weighted by molar-refractivity contribution is 0.0692. The number of aromatic carboxylic acids is 1. The van der Waals surface area contributed by atoms with Gasteiger partial charge in [0.25, 0.3) is 0 Å². The van der Waals surface area contributed by atoms with Crippen LogP contribution in [0, 0.1) is 5.82 Å². The topological polar surface area (TPSA) is 99.0 Å². The number of aliphatic hydroxyl groups excluding tert-OH is 1. The van der Waals surface area contributed by atoms with Crippen molar-refractivity contribution in [2.75, 3.05) is 13.2 Å². The number of phenolic OH excluding ortho intramolecular Hbond substituents is 1. The summed E-state index contributed by atoms with van der Waals surface area (Å²) in [6.45, 7) is 6.84. The van der Waals surface area contributed by atoms with Gasteiger partial charge in [-0.15, -0.1) is 0 Å². The third-order valence-electron chi connectivity index (χ3n) is 5.70. The molecule has 0 aromatic heterocycles. The standard InChI is InChI=1S/C27H30FNO5/c1-16(2)23-14-19(20-6-10-22(27(32)33)24(28)15-20)7-11-25(23)34-13-12-29-17(3)26(31)18-4-8-21(30)9-5-18/h4-11,14-17,26,29-31H,12-13H2,1-3H3,(H,32,33)/t17-,26-/m0/s1. The first-order valence-electron chi connectivity index (χ1n) is 11.2. The highest BCUT2D eigenvalue weighted by atomic mass is 19.1. The molecule has 0 aliphatic heterocycles. The minimum atomic E-state index is -1.30. The number of halogens is 1. The SMILES string of the molecule is CC(C)c1cc(-c2ccc(C(=O)O)c(F)c2)ccc1OCCN[C@@H](C)[C@H](O)c1ccc(O)cc1. The molecule has 0 unspecified atom stereocenters. The van der Waals surface area contributed by atoms with Gasteiger partial charge in [-0.1, -0.05) is 38.1 Å². The molecular formula is C27H30FNO5. The molecule has 0 amide bonds. The number of phenols is 1. The predicted molar refractivity (Wildman–Crippen MR) is 129 cm³/mol. The molecule has 4 N–H and O–H groups in total. The van der Waals surface area contributed by atoms with Crippen LogP contribution in [0.2, 0.25) is 0 Å². The summed E-state index contributed by atoms with van der Waals surface area (Å²) in [7, 11) is 0. The van der Waals surface area contributed by atoms with Gasteiger partial charge < -0.3 is 25.4 Å². The van der Waals surface area contributed by atoms with Gasteiger partial charge in [-0.05, 0) is 71.5 Å². The van der Waals surface area contributed by atoms with Crippen LogP contribution in [0.4, 0.5) is 4.39 Å². The van der Waals surface area contributed by atoms with Gasteiger partial charge in [-0.3, -0.25) is 0 Å². The zero-order chi connectivity index (χ0) is 24.8. The summed E-state index contributed by atoms with van der Waals surface area (Å²) in [5, 5.41) is 32.1. The van der Waals surface area contributed by atoms with E-state index in [1.165, 1.54) is 12.1 Å². The summed E-state index contributed by atoms with van der Waals surface area (Å²) < 4.78 is 20.1.